The minimum absolute atomic E-state index is 0.0920. The Morgan fingerprint density at radius 3 is 2.64 bits per heavy atom. The number of carbonyl (C=O) groups is 1. The summed E-state index contributed by atoms with van der Waals surface area (Å²) >= 11 is 0. The van der Waals surface area contributed by atoms with Gasteiger partial charge in [-0.25, -0.2) is 14.4 Å². The van der Waals surface area contributed by atoms with Crippen LogP contribution in [-0.4, -0.2) is 59.6 Å². The van der Waals surface area contributed by atoms with Crippen molar-refractivity contribution in [1.29, 1.82) is 0 Å². The predicted octanol–water partition coefficient (Wildman–Crippen LogP) is 2.47. The molecule has 0 saturated carbocycles. The highest BCUT2D eigenvalue weighted by Crippen LogP contribution is 2.20. The molecule has 1 N–H and O–H groups in total. The Hall–Kier alpha value is -2.90. The SMILES string of the molecule is CCNc1cc(N2CCN(C(=O)C(C)Oc3ccccc3F)CC2)nc(C)n1. The monoisotopic (exact) mass is 387 g/mol. The van der Waals surface area contributed by atoms with Gasteiger partial charge in [-0.3, -0.25) is 4.79 Å². The standard InChI is InChI=1S/C20H26FN5O2/c1-4-22-18-13-19(24-15(3)23-18)25-9-11-26(12-10-25)20(27)14(2)28-17-8-6-5-7-16(17)21/h5-8,13-14H,4,9-12H2,1-3H3,(H,22,23,24). The minimum Gasteiger partial charge on any atom is -0.478 e. The molecule has 0 spiro atoms. The second kappa shape index (κ2) is 8.86. The number of hydrogen-bond donors (Lipinski definition) is 1. The Morgan fingerprint density at radius 2 is 1.96 bits per heavy atom. The van der Waals surface area contributed by atoms with E-state index in [1.165, 1.54) is 12.1 Å². The number of carbonyl (C=O) groups excluding carboxylic acids is 1. The van der Waals surface area contributed by atoms with Crippen LogP contribution >= 0.6 is 0 Å². The Balaban J connectivity index is 1.59. The Labute approximate surface area is 164 Å². The van der Waals surface area contributed by atoms with Crippen molar-refractivity contribution >= 4 is 17.5 Å². The number of rotatable bonds is 6. The topological polar surface area (TPSA) is 70.6 Å². The van der Waals surface area contributed by atoms with Gasteiger partial charge in [0.1, 0.15) is 17.5 Å². The second-order valence-corrected chi connectivity index (χ2v) is 6.69. The zero-order valence-electron chi connectivity index (χ0n) is 16.5. The summed E-state index contributed by atoms with van der Waals surface area (Å²) in [5, 5.41) is 3.21. The number of piperazine rings is 1. The first kappa shape index (κ1) is 19.9. The van der Waals surface area contributed by atoms with E-state index in [1.807, 2.05) is 19.9 Å². The van der Waals surface area contributed by atoms with Crippen LogP contribution in [0, 0.1) is 12.7 Å². The number of hydrogen-bond acceptors (Lipinski definition) is 6. The third-order valence-corrected chi connectivity index (χ3v) is 4.59. The summed E-state index contributed by atoms with van der Waals surface area (Å²) in [5.74, 6) is 1.84. The van der Waals surface area contributed by atoms with E-state index in [9.17, 15) is 9.18 Å². The molecule has 2 heterocycles. The fraction of sp³-hybridized carbons (Fsp3) is 0.450. The number of benzene rings is 1. The van der Waals surface area contributed by atoms with Crippen molar-refractivity contribution in [3.8, 4) is 5.75 Å². The van der Waals surface area contributed by atoms with Gasteiger partial charge in [0.05, 0.1) is 0 Å². The summed E-state index contributed by atoms with van der Waals surface area (Å²) in [4.78, 5) is 25.5. The van der Waals surface area contributed by atoms with E-state index >= 15 is 0 Å². The van der Waals surface area contributed by atoms with Gasteiger partial charge in [0.2, 0.25) is 0 Å². The van der Waals surface area contributed by atoms with E-state index in [1.54, 1.807) is 24.0 Å². The predicted molar refractivity (Wildman–Crippen MR) is 106 cm³/mol. The van der Waals surface area contributed by atoms with Crippen LogP contribution in [0.3, 0.4) is 0 Å². The Bertz CT molecular complexity index is 824. The summed E-state index contributed by atoms with van der Waals surface area (Å²) in [6, 6.07) is 8.04. The van der Waals surface area contributed by atoms with Crippen LogP contribution in [0.2, 0.25) is 0 Å². The molecule has 1 aromatic carbocycles. The molecule has 1 aliphatic rings. The smallest absolute Gasteiger partial charge is 0.263 e. The summed E-state index contributed by atoms with van der Waals surface area (Å²) < 4.78 is 19.3. The van der Waals surface area contributed by atoms with E-state index in [4.69, 9.17) is 4.74 Å². The summed E-state index contributed by atoms with van der Waals surface area (Å²) in [6.45, 7) is 8.78. The number of para-hydroxylation sites is 1. The Kier molecular flexibility index (Phi) is 6.28. The Morgan fingerprint density at radius 1 is 1.25 bits per heavy atom. The number of halogens is 1. The van der Waals surface area contributed by atoms with Crippen molar-refractivity contribution in [2.24, 2.45) is 0 Å². The average Bonchev–Trinajstić information content (AvgIpc) is 2.69. The van der Waals surface area contributed by atoms with Gasteiger partial charge >= 0.3 is 0 Å². The van der Waals surface area contributed by atoms with Gasteiger partial charge in [0.25, 0.3) is 5.91 Å². The van der Waals surface area contributed by atoms with Crippen LogP contribution in [-0.2, 0) is 4.79 Å². The molecule has 1 fully saturated rings. The van der Waals surface area contributed by atoms with Crippen molar-refractivity contribution < 1.29 is 13.9 Å². The maximum absolute atomic E-state index is 13.7. The van der Waals surface area contributed by atoms with Gasteiger partial charge in [0, 0.05) is 38.8 Å². The van der Waals surface area contributed by atoms with Crippen molar-refractivity contribution in [2.45, 2.75) is 26.9 Å². The molecule has 0 radical (unpaired) electrons. The number of aromatic nitrogens is 2. The number of nitrogens with one attached hydrogen (secondary N) is 1. The number of ether oxygens (including phenoxy) is 1. The van der Waals surface area contributed by atoms with Gasteiger partial charge in [-0.05, 0) is 32.9 Å². The van der Waals surface area contributed by atoms with Gasteiger partial charge < -0.3 is 19.9 Å². The molecule has 8 heteroatoms. The molecule has 3 rings (SSSR count). The molecule has 7 nitrogen and oxygen atoms in total. The molecule has 28 heavy (non-hydrogen) atoms. The third kappa shape index (κ3) is 4.68. The number of aryl methyl sites for hydroxylation is 1. The lowest BCUT2D eigenvalue weighted by Gasteiger charge is -2.36. The quantitative estimate of drug-likeness (QED) is 0.821. The van der Waals surface area contributed by atoms with Crippen LogP contribution in [0.4, 0.5) is 16.0 Å². The lowest BCUT2D eigenvalue weighted by molar-refractivity contribution is -0.138. The summed E-state index contributed by atoms with van der Waals surface area (Å²) in [6.07, 6.45) is -0.745. The molecule has 0 bridgehead atoms. The molecule has 1 aliphatic heterocycles. The molecule has 2 aromatic rings. The van der Waals surface area contributed by atoms with Gasteiger partial charge in [-0.1, -0.05) is 12.1 Å². The van der Waals surface area contributed by atoms with Crippen LogP contribution in [0.25, 0.3) is 0 Å². The number of amides is 1. The van der Waals surface area contributed by atoms with E-state index in [-0.39, 0.29) is 11.7 Å². The molecule has 1 atom stereocenters. The average molecular weight is 387 g/mol. The molecular formula is C20H26FN5O2. The van der Waals surface area contributed by atoms with Crippen LogP contribution in [0.1, 0.15) is 19.7 Å². The third-order valence-electron chi connectivity index (χ3n) is 4.59. The fourth-order valence-corrected chi connectivity index (χ4v) is 3.18. The first-order valence-corrected chi connectivity index (χ1v) is 9.52. The highest BCUT2D eigenvalue weighted by molar-refractivity contribution is 5.81. The van der Waals surface area contributed by atoms with E-state index in [0.717, 1.165) is 18.2 Å². The summed E-state index contributed by atoms with van der Waals surface area (Å²) in [5.41, 5.74) is 0. The lowest BCUT2D eigenvalue weighted by atomic mass is 10.2. The maximum atomic E-state index is 13.7. The van der Waals surface area contributed by atoms with E-state index in [2.05, 4.69) is 20.2 Å². The zero-order chi connectivity index (χ0) is 20.1. The number of anilines is 2. The molecule has 1 aromatic heterocycles. The van der Waals surface area contributed by atoms with Gasteiger partial charge in [0.15, 0.2) is 17.7 Å². The minimum atomic E-state index is -0.745. The second-order valence-electron chi connectivity index (χ2n) is 6.69. The van der Waals surface area contributed by atoms with Crippen molar-refractivity contribution in [3.63, 3.8) is 0 Å². The highest BCUT2D eigenvalue weighted by Gasteiger charge is 2.27. The fourth-order valence-electron chi connectivity index (χ4n) is 3.18. The molecule has 0 aliphatic carbocycles. The highest BCUT2D eigenvalue weighted by atomic mass is 19.1. The van der Waals surface area contributed by atoms with Crippen LogP contribution < -0.4 is 15.0 Å². The molecule has 1 amide bonds. The van der Waals surface area contributed by atoms with Crippen molar-refractivity contribution in [1.82, 2.24) is 14.9 Å². The number of nitrogens with zero attached hydrogens (tertiary/aromatic N) is 4. The van der Waals surface area contributed by atoms with Gasteiger partial charge in [-0.2, -0.15) is 0 Å². The normalized spacial score (nSPS) is 15.3. The van der Waals surface area contributed by atoms with Crippen molar-refractivity contribution in [3.05, 3.63) is 42.0 Å². The first-order chi connectivity index (χ1) is 13.5. The zero-order valence-corrected chi connectivity index (χ0v) is 16.5. The van der Waals surface area contributed by atoms with E-state index < -0.39 is 11.9 Å². The summed E-state index contributed by atoms with van der Waals surface area (Å²) in [7, 11) is 0. The van der Waals surface area contributed by atoms with Crippen LogP contribution in [0.5, 0.6) is 5.75 Å². The molecule has 1 saturated heterocycles. The van der Waals surface area contributed by atoms with E-state index in [0.29, 0.717) is 32.0 Å². The first-order valence-electron chi connectivity index (χ1n) is 9.52. The van der Waals surface area contributed by atoms with Crippen molar-refractivity contribution in [2.75, 3.05) is 42.9 Å². The molecule has 1 unspecified atom stereocenters. The molecule has 150 valence electrons. The molecular weight excluding hydrogens is 361 g/mol. The van der Waals surface area contributed by atoms with Gasteiger partial charge in [-0.15, -0.1) is 0 Å². The van der Waals surface area contributed by atoms with Crippen LogP contribution in [0.15, 0.2) is 30.3 Å². The lowest BCUT2D eigenvalue weighted by Crippen LogP contribution is -2.52. The largest absolute Gasteiger partial charge is 0.478 e. The maximum Gasteiger partial charge on any atom is 0.263 e.